The highest BCUT2D eigenvalue weighted by molar-refractivity contribution is 7.87. The van der Waals surface area contributed by atoms with E-state index in [-0.39, 0.29) is 18.8 Å². The predicted molar refractivity (Wildman–Crippen MR) is 114 cm³/mol. The zero-order valence-corrected chi connectivity index (χ0v) is 18.7. The third-order valence-electron chi connectivity index (χ3n) is 6.30. The van der Waals surface area contributed by atoms with Crippen molar-refractivity contribution < 1.29 is 22.7 Å². The topological polar surface area (TPSA) is 97.0 Å². The van der Waals surface area contributed by atoms with Gasteiger partial charge in [-0.3, -0.25) is 4.90 Å². The Bertz CT molecular complexity index is 796. The molecule has 1 amide bonds. The van der Waals surface area contributed by atoms with Crippen LogP contribution in [0.2, 0.25) is 0 Å². The molecule has 0 aromatic heterocycles. The molecule has 1 aromatic rings. The predicted octanol–water partition coefficient (Wildman–Crippen LogP) is 2.38. The summed E-state index contributed by atoms with van der Waals surface area (Å²) in [4.78, 5) is 13.9. The molecule has 1 aliphatic heterocycles. The first-order valence-electron chi connectivity index (χ1n) is 10.6. The largest absolute Gasteiger partial charge is 0.453 e. The number of hydrogen-bond acceptors (Lipinski definition) is 5. The number of amides is 1. The van der Waals surface area contributed by atoms with Crippen molar-refractivity contribution in [3.05, 3.63) is 35.9 Å². The number of rotatable bonds is 7. The molecule has 3 unspecified atom stereocenters. The number of nitrogens with one attached hydrogen (secondary N) is 2. The van der Waals surface area contributed by atoms with Crippen molar-refractivity contribution in [1.82, 2.24) is 14.3 Å². The molecule has 1 heterocycles. The lowest BCUT2D eigenvalue weighted by Crippen LogP contribution is -2.52. The molecule has 8 nitrogen and oxygen atoms in total. The van der Waals surface area contributed by atoms with Crippen LogP contribution in [0.5, 0.6) is 0 Å². The molecule has 3 rings (SSSR count). The Hall–Kier alpha value is -1.68. The molecular formula is C21H33N3O5S. The molecule has 1 saturated carbocycles. The smallest absolute Gasteiger partial charge is 0.410 e. The first-order valence-corrected chi connectivity index (χ1v) is 12.1. The van der Waals surface area contributed by atoms with Gasteiger partial charge in [-0.15, -0.1) is 0 Å². The average molecular weight is 440 g/mol. The van der Waals surface area contributed by atoms with Gasteiger partial charge in [0.1, 0.15) is 0 Å². The van der Waals surface area contributed by atoms with Gasteiger partial charge in [-0.25, -0.2) is 9.52 Å². The molecule has 168 valence electrons. The van der Waals surface area contributed by atoms with E-state index in [9.17, 15) is 13.2 Å². The van der Waals surface area contributed by atoms with Crippen molar-refractivity contribution in [3.8, 4) is 0 Å². The molecule has 0 spiro atoms. The molecule has 9 heteroatoms. The molecule has 2 fully saturated rings. The number of ether oxygens (including phenoxy) is 2. The van der Waals surface area contributed by atoms with E-state index in [0.717, 1.165) is 25.7 Å². The molecule has 2 N–H and O–H groups in total. The van der Waals surface area contributed by atoms with Crippen LogP contribution in [0.4, 0.5) is 4.79 Å². The fourth-order valence-corrected chi connectivity index (χ4v) is 5.45. The van der Waals surface area contributed by atoms with Crippen molar-refractivity contribution in [2.75, 3.05) is 20.8 Å². The van der Waals surface area contributed by atoms with Crippen molar-refractivity contribution in [2.24, 2.45) is 0 Å². The van der Waals surface area contributed by atoms with E-state index in [1.165, 1.54) is 19.7 Å². The van der Waals surface area contributed by atoms with Crippen LogP contribution in [-0.2, 0) is 19.7 Å². The van der Waals surface area contributed by atoms with Crippen LogP contribution in [0.3, 0.4) is 0 Å². The zero-order valence-electron chi connectivity index (χ0n) is 17.9. The Labute approximate surface area is 179 Å². The van der Waals surface area contributed by atoms with E-state index < -0.39 is 28.4 Å². The number of nitrogens with zero attached hydrogens (tertiary/aromatic N) is 1. The maximum absolute atomic E-state index is 12.3. The van der Waals surface area contributed by atoms with Gasteiger partial charge in [-0.2, -0.15) is 13.1 Å². The Morgan fingerprint density at radius 1 is 1.17 bits per heavy atom. The fourth-order valence-electron chi connectivity index (χ4n) is 4.68. The summed E-state index contributed by atoms with van der Waals surface area (Å²) in [7, 11) is -0.938. The zero-order chi connectivity index (χ0) is 21.7. The summed E-state index contributed by atoms with van der Waals surface area (Å²) in [6.45, 7) is 2.17. The monoisotopic (exact) mass is 439 g/mol. The van der Waals surface area contributed by atoms with Crippen molar-refractivity contribution in [2.45, 2.75) is 69.2 Å². The molecule has 30 heavy (non-hydrogen) atoms. The summed E-state index contributed by atoms with van der Waals surface area (Å²) in [5, 5.41) is 0. The van der Waals surface area contributed by atoms with Crippen LogP contribution in [0.1, 0.15) is 50.5 Å². The molecule has 1 aromatic carbocycles. The molecule has 0 radical (unpaired) electrons. The van der Waals surface area contributed by atoms with Gasteiger partial charge in [0, 0.05) is 19.1 Å². The lowest BCUT2D eigenvalue weighted by atomic mass is 9.83. The number of likely N-dealkylation sites (tertiary alicyclic amines) is 1. The summed E-state index contributed by atoms with van der Waals surface area (Å²) in [5.41, 5.74) is 1.37. The summed E-state index contributed by atoms with van der Waals surface area (Å²) in [5.74, 6) is 0.555. The molecule has 3 atom stereocenters. The molecule has 2 aliphatic rings. The Kier molecular flexibility index (Phi) is 7.73. The third-order valence-corrected chi connectivity index (χ3v) is 7.45. The first kappa shape index (κ1) is 23.0. The maximum Gasteiger partial charge on any atom is 0.410 e. The van der Waals surface area contributed by atoms with Gasteiger partial charge in [0.2, 0.25) is 0 Å². The molecule has 0 bridgehead atoms. The van der Waals surface area contributed by atoms with Gasteiger partial charge in [0.25, 0.3) is 10.2 Å². The Balaban J connectivity index is 1.61. The number of hydrogen-bond donors (Lipinski definition) is 2. The minimum absolute atomic E-state index is 0.113. The van der Waals surface area contributed by atoms with Crippen molar-refractivity contribution in [3.63, 3.8) is 0 Å². The number of carbonyl (C=O) groups excluding carboxylic acids is 1. The van der Waals surface area contributed by atoms with E-state index >= 15 is 0 Å². The number of methoxy groups -OCH3 is 1. The molecule has 1 saturated heterocycles. The number of benzene rings is 1. The van der Waals surface area contributed by atoms with Crippen LogP contribution >= 0.6 is 0 Å². The summed E-state index contributed by atoms with van der Waals surface area (Å²) in [6.07, 6.45) is 4.18. The molecule has 1 aliphatic carbocycles. The lowest BCUT2D eigenvalue weighted by Gasteiger charge is -2.33. The lowest BCUT2D eigenvalue weighted by molar-refractivity contribution is -0.00861. The van der Waals surface area contributed by atoms with Gasteiger partial charge in [-0.1, -0.05) is 30.3 Å². The minimum atomic E-state index is -3.63. The van der Waals surface area contributed by atoms with E-state index in [0.29, 0.717) is 12.3 Å². The minimum Gasteiger partial charge on any atom is -0.453 e. The summed E-state index contributed by atoms with van der Waals surface area (Å²) >= 11 is 0. The highest BCUT2D eigenvalue weighted by atomic mass is 32.2. The van der Waals surface area contributed by atoms with Gasteiger partial charge in [-0.05, 0) is 50.5 Å². The van der Waals surface area contributed by atoms with Crippen LogP contribution in [0.25, 0.3) is 0 Å². The number of carbonyl (C=O) groups is 1. The SMILES string of the molecule is CNS(=O)(=O)NC1CC(C)N(C(=O)OC)C1COC1CCC(c2ccccc2)CC1. The van der Waals surface area contributed by atoms with E-state index in [1.807, 2.05) is 13.0 Å². The summed E-state index contributed by atoms with van der Waals surface area (Å²) in [6, 6.07) is 9.55. The second-order valence-corrected chi connectivity index (χ2v) is 9.83. The first-order chi connectivity index (χ1) is 14.3. The average Bonchev–Trinajstić information content (AvgIpc) is 3.06. The van der Waals surface area contributed by atoms with E-state index in [1.54, 1.807) is 4.90 Å². The second-order valence-electron chi connectivity index (χ2n) is 8.18. The van der Waals surface area contributed by atoms with Gasteiger partial charge in [0.15, 0.2) is 0 Å². The van der Waals surface area contributed by atoms with E-state index in [4.69, 9.17) is 9.47 Å². The van der Waals surface area contributed by atoms with Crippen molar-refractivity contribution >= 4 is 16.3 Å². The van der Waals surface area contributed by atoms with Gasteiger partial charge in [0.05, 0.1) is 25.9 Å². The second kappa shape index (κ2) is 10.1. The fraction of sp³-hybridized carbons (Fsp3) is 0.667. The van der Waals surface area contributed by atoms with Gasteiger partial charge >= 0.3 is 6.09 Å². The van der Waals surface area contributed by atoms with Crippen LogP contribution in [0, 0.1) is 0 Å². The highest BCUT2D eigenvalue weighted by Gasteiger charge is 2.44. The van der Waals surface area contributed by atoms with Crippen LogP contribution in [0.15, 0.2) is 30.3 Å². The normalized spacial score (nSPS) is 29.7. The quantitative estimate of drug-likeness (QED) is 0.680. The standard InChI is InChI=1S/C21H33N3O5S/c1-15-13-19(23-30(26,27)22-2)20(24(15)21(25)28-3)14-29-18-11-9-17(10-12-18)16-7-5-4-6-8-16/h4-8,15,17-20,22-23H,9-14H2,1-3H3. The maximum atomic E-state index is 12.3. The van der Waals surface area contributed by atoms with Gasteiger partial charge < -0.3 is 9.47 Å². The van der Waals surface area contributed by atoms with Crippen LogP contribution in [-0.4, -0.2) is 64.4 Å². The highest BCUT2D eigenvalue weighted by Crippen LogP contribution is 2.34. The Morgan fingerprint density at radius 3 is 2.43 bits per heavy atom. The van der Waals surface area contributed by atoms with E-state index in [2.05, 4.69) is 33.7 Å². The Morgan fingerprint density at radius 2 is 1.83 bits per heavy atom. The summed E-state index contributed by atoms with van der Waals surface area (Å²) < 4.78 is 40.1. The van der Waals surface area contributed by atoms with Crippen LogP contribution < -0.4 is 9.44 Å². The third kappa shape index (κ3) is 5.51. The van der Waals surface area contributed by atoms with Crippen molar-refractivity contribution in [1.29, 1.82) is 0 Å². The molecular weight excluding hydrogens is 406 g/mol.